The van der Waals surface area contributed by atoms with Gasteiger partial charge >= 0.3 is 12.2 Å². The molecule has 0 saturated heterocycles. The van der Waals surface area contributed by atoms with Crippen LogP contribution in [0.25, 0.3) is 11.6 Å². The number of carbonyl (C=O) groups excluding carboxylic acids is 1. The van der Waals surface area contributed by atoms with Crippen molar-refractivity contribution in [3.63, 3.8) is 0 Å². The molecule has 0 unspecified atom stereocenters. The maximum Gasteiger partial charge on any atom is 0.417 e. The van der Waals surface area contributed by atoms with Gasteiger partial charge in [-0.25, -0.2) is 0 Å². The molecule has 2 aromatic heterocycles. The first-order valence-corrected chi connectivity index (χ1v) is 10.3. The number of nitrogens with one attached hydrogen (secondary N) is 1. The molecule has 0 aliphatic carbocycles. The first-order chi connectivity index (χ1) is 16.4. The minimum atomic E-state index is -4.50. The van der Waals surface area contributed by atoms with Gasteiger partial charge in [0.05, 0.1) is 11.3 Å². The molecular weight excluding hydrogens is 447 g/mol. The van der Waals surface area contributed by atoms with Gasteiger partial charge in [-0.15, -0.1) is 5.10 Å². The van der Waals surface area contributed by atoms with Crippen LogP contribution >= 0.6 is 0 Å². The molecule has 0 radical (unpaired) electrons. The number of ketones is 1. The molecule has 1 atom stereocenters. The summed E-state index contributed by atoms with van der Waals surface area (Å²) >= 11 is 0. The predicted molar refractivity (Wildman–Crippen MR) is 117 cm³/mol. The number of benzene rings is 2. The third-order valence-electron chi connectivity index (χ3n) is 5.24. The van der Waals surface area contributed by atoms with Gasteiger partial charge in [0.25, 0.3) is 5.89 Å². The number of pyridine rings is 1. The number of Topliss-reactive ketones (excluding diaryl/α,β-unsaturated/α-hetero) is 1. The molecule has 1 aliphatic heterocycles. The van der Waals surface area contributed by atoms with Crippen molar-refractivity contribution in [3.8, 4) is 11.6 Å². The van der Waals surface area contributed by atoms with Crippen LogP contribution in [-0.4, -0.2) is 32.8 Å². The van der Waals surface area contributed by atoms with Crippen LogP contribution in [0.15, 0.2) is 82.3 Å². The predicted octanol–water partition coefficient (Wildman–Crippen LogP) is 4.55. The normalized spacial score (nSPS) is 15.9. The molecule has 3 heterocycles. The molecule has 0 fully saturated rings. The summed E-state index contributed by atoms with van der Waals surface area (Å²) in [5.74, 6) is -0.293. The summed E-state index contributed by atoms with van der Waals surface area (Å²) < 4.78 is 43.8. The minimum absolute atomic E-state index is 0.0709. The molecule has 0 saturated carbocycles. The molecule has 0 spiro atoms. The smallest absolute Gasteiger partial charge is 0.402 e. The molecule has 1 N–H and O–H groups in total. The van der Waals surface area contributed by atoms with Gasteiger partial charge in [0.15, 0.2) is 11.9 Å². The molecule has 10 heteroatoms. The van der Waals surface area contributed by atoms with E-state index >= 15 is 0 Å². The van der Waals surface area contributed by atoms with E-state index in [1.54, 1.807) is 0 Å². The zero-order valence-electron chi connectivity index (χ0n) is 17.5. The van der Waals surface area contributed by atoms with Gasteiger partial charge in [0, 0.05) is 23.7 Å². The maximum atomic E-state index is 13.0. The van der Waals surface area contributed by atoms with Crippen LogP contribution in [-0.2, 0) is 17.4 Å². The Morgan fingerprint density at radius 1 is 0.941 bits per heavy atom. The second kappa shape index (κ2) is 8.54. The van der Waals surface area contributed by atoms with Gasteiger partial charge in [-0.1, -0.05) is 59.7 Å². The van der Waals surface area contributed by atoms with Crippen LogP contribution in [0.3, 0.4) is 0 Å². The summed E-state index contributed by atoms with van der Waals surface area (Å²) in [5.41, 5.74) is 2.37. The third-order valence-corrected chi connectivity index (χ3v) is 5.24. The number of alkyl halides is 3. The molecule has 1 aliphatic rings. The second-order valence-electron chi connectivity index (χ2n) is 7.53. The van der Waals surface area contributed by atoms with E-state index < -0.39 is 17.9 Å². The number of hydrogen-bond donors (Lipinski definition) is 1. The first-order valence-electron chi connectivity index (χ1n) is 10.3. The lowest BCUT2D eigenvalue weighted by Gasteiger charge is -2.11. The molecule has 170 valence electrons. The minimum Gasteiger partial charge on any atom is -0.402 e. The Labute approximate surface area is 191 Å². The van der Waals surface area contributed by atoms with Crippen LogP contribution in [0.1, 0.15) is 22.3 Å². The largest absolute Gasteiger partial charge is 0.417 e. The van der Waals surface area contributed by atoms with Gasteiger partial charge < -0.3 is 9.73 Å². The Morgan fingerprint density at radius 3 is 2.44 bits per heavy atom. The lowest BCUT2D eigenvalue weighted by atomic mass is 9.96. The Kier molecular flexibility index (Phi) is 5.40. The number of rotatable bonds is 4. The van der Waals surface area contributed by atoms with Crippen molar-refractivity contribution in [1.29, 1.82) is 0 Å². The second-order valence-corrected chi connectivity index (χ2v) is 7.53. The summed E-state index contributed by atoms with van der Waals surface area (Å²) in [6.07, 6.45) is -4.67. The number of aromatic nitrogens is 3. The molecule has 7 nitrogen and oxygen atoms in total. The zero-order valence-corrected chi connectivity index (χ0v) is 17.5. The maximum absolute atomic E-state index is 13.0. The number of halogens is 3. The summed E-state index contributed by atoms with van der Waals surface area (Å²) in [5, 5.41) is 10.5. The van der Waals surface area contributed by atoms with Crippen molar-refractivity contribution < 1.29 is 22.4 Å². The summed E-state index contributed by atoms with van der Waals surface area (Å²) in [4.78, 5) is 21.4. The van der Waals surface area contributed by atoms with Crippen molar-refractivity contribution in [2.45, 2.75) is 18.8 Å². The van der Waals surface area contributed by atoms with E-state index in [4.69, 9.17) is 4.42 Å². The van der Waals surface area contributed by atoms with Crippen LogP contribution in [0, 0.1) is 0 Å². The standard InChI is InChI=1S/C24H16F3N5O2/c25-24(26,27)16-10-11-18(28-13-16)22-31-32-23(34-22)30-21-19(33)12-15-8-4-5-9-17(15)20(29-21)14-6-2-1-3-7-14/h1-11,13,21H,12H2,(H,30,32)/t21-/m1/s1. The Bertz CT molecular complexity index is 1370. The number of fused-ring (bicyclic) bond motifs is 1. The lowest BCUT2D eigenvalue weighted by molar-refractivity contribution is -0.137. The fourth-order valence-electron chi connectivity index (χ4n) is 3.59. The van der Waals surface area contributed by atoms with Gasteiger partial charge in [-0.3, -0.25) is 14.8 Å². The van der Waals surface area contributed by atoms with Crippen molar-refractivity contribution in [2.24, 2.45) is 4.99 Å². The molecule has 0 bridgehead atoms. The number of aliphatic imine (C=N–C) groups is 1. The quantitative estimate of drug-likeness (QED) is 0.477. The third kappa shape index (κ3) is 4.29. The average molecular weight is 463 g/mol. The van der Waals surface area contributed by atoms with Crippen molar-refractivity contribution in [3.05, 3.63) is 95.2 Å². The number of nitrogens with zero attached hydrogens (tertiary/aromatic N) is 4. The van der Waals surface area contributed by atoms with Crippen molar-refractivity contribution in [1.82, 2.24) is 15.2 Å². The highest BCUT2D eigenvalue weighted by Gasteiger charge is 2.31. The van der Waals surface area contributed by atoms with Crippen LogP contribution < -0.4 is 5.32 Å². The Hall–Kier alpha value is -4.34. The van der Waals surface area contributed by atoms with E-state index in [9.17, 15) is 18.0 Å². The van der Waals surface area contributed by atoms with Gasteiger partial charge in [-0.05, 0) is 17.7 Å². The monoisotopic (exact) mass is 463 g/mol. The van der Waals surface area contributed by atoms with E-state index in [1.807, 2.05) is 54.6 Å². The van der Waals surface area contributed by atoms with E-state index in [0.29, 0.717) is 11.9 Å². The molecule has 0 amide bonds. The number of hydrogen-bond acceptors (Lipinski definition) is 7. The van der Waals surface area contributed by atoms with E-state index in [1.165, 1.54) is 0 Å². The molecular formula is C24H16F3N5O2. The van der Waals surface area contributed by atoms with E-state index in [2.05, 4.69) is 25.5 Å². The van der Waals surface area contributed by atoms with Crippen LogP contribution in [0.4, 0.5) is 19.2 Å². The van der Waals surface area contributed by atoms with Gasteiger partial charge in [0.2, 0.25) is 0 Å². The SMILES string of the molecule is O=C1Cc2ccccc2C(c2ccccc2)=N[C@@H]1Nc1nnc(-c2ccc(C(F)(F)F)cn2)o1. The highest BCUT2D eigenvalue weighted by molar-refractivity contribution is 6.16. The van der Waals surface area contributed by atoms with Gasteiger partial charge in [-0.2, -0.15) is 13.2 Å². The fraction of sp³-hybridized carbons (Fsp3) is 0.125. The summed E-state index contributed by atoms with van der Waals surface area (Å²) in [6, 6.07) is 18.9. The van der Waals surface area contributed by atoms with E-state index in [0.717, 1.165) is 28.8 Å². The van der Waals surface area contributed by atoms with Gasteiger partial charge in [0.1, 0.15) is 5.69 Å². The average Bonchev–Trinajstić information content (AvgIpc) is 3.25. The molecule has 34 heavy (non-hydrogen) atoms. The Morgan fingerprint density at radius 2 is 1.71 bits per heavy atom. The van der Waals surface area contributed by atoms with E-state index in [-0.39, 0.29) is 29.8 Å². The zero-order chi connectivity index (χ0) is 23.7. The highest BCUT2D eigenvalue weighted by atomic mass is 19.4. The highest BCUT2D eigenvalue weighted by Crippen LogP contribution is 2.30. The van der Waals surface area contributed by atoms with Crippen LogP contribution in [0.2, 0.25) is 0 Å². The lowest BCUT2D eigenvalue weighted by Crippen LogP contribution is -2.29. The van der Waals surface area contributed by atoms with Crippen LogP contribution in [0.5, 0.6) is 0 Å². The molecule has 2 aromatic carbocycles. The summed E-state index contributed by atoms with van der Waals surface area (Å²) in [6.45, 7) is 0. The Balaban J connectivity index is 1.44. The topological polar surface area (TPSA) is 93.3 Å². The van der Waals surface area contributed by atoms with Crippen molar-refractivity contribution >= 4 is 17.5 Å². The molecule has 4 aromatic rings. The fourth-order valence-corrected chi connectivity index (χ4v) is 3.59. The van der Waals surface area contributed by atoms with Crippen molar-refractivity contribution in [2.75, 3.05) is 5.32 Å². The molecule has 5 rings (SSSR count). The summed E-state index contributed by atoms with van der Waals surface area (Å²) in [7, 11) is 0. The number of anilines is 1. The number of carbonyl (C=O) groups is 1. The first kappa shape index (κ1) is 21.5.